The molecule has 0 aliphatic carbocycles. The topological polar surface area (TPSA) is 82.9 Å². The van der Waals surface area contributed by atoms with Gasteiger partial charge in [-0.15, -0.1) is 0 Å². The molecule has 1 aromatic heterocycles. The highest BCUT2D eigenvalue weighted by Crippen LogP contribution is 2.29. The number of piperidine rings is 1. The Morgan fingerprint density at radius 2 is 2.03 bits per heavy atom. The summed E-state index contributed by atoms with van der Waals surface area (Å²) in [7, 11) is 0. The van der Waals surface area contributed by atoms with E-state index < -0.39 is 6.04 Å². The van der Waals surface area contributed by atoms with Crippen molar-refractivity contribution in [2.24, 2.45) is 0 Å². The first kappa shape index (κ1) is 18.8. The Balaban J connectivity index is 1.26. The van der Waals surface area contributed by atoms with Gasteiger partial charge in [-0.05, 0) is 41.7 Å². The number of rotatable bonds is 4. The lowest BCUT2D eigenvalue weighted by molar-refractivity contribution is -0.136. The van der Waals surface area contributed by atoms with Gasteiger partial charge in [-0.2, -0.15) is 0 Å². The fourth-order valence-corrected chi connectivity index (χ4v) is 4.55. The van der Waals surface area contributed by atoms with Gasteiger partial charge in [-0.1, -0.05) is 18.2 Å². The Morgan fingerprint density at radius 3 is 2.77 bits per heavy atom. The van der Waals surface area contributed by atoms with Crippen LogP contribution in [0.25, 0.3) is 5.57 Å². The summed E-state index contributed by atoms with van der Waals surface area (Å²) >= 11 is 0. The molecule has 7 nitrogen and oxygen atoms in total. The zero-order valence-corrected chi connectivity index (χ0v) is 16.6. The second-order valence-corrected chi connectivity index (χ2v) is 8.12. The van der Waals surface area contributed by atoms with Crippen LogP contribution in [0.3, 0.4) is 0 Å². The third kappa shape index (κ3) is 3.45. The van der Waals surface area contributed by atoms with Crippen molar-refractivity contribution in [1.82, 2.24) is 15.1 Å². The Labute approximate surface area is 174 Å². The molecule has 1 saturated heterocycles. The van der Waals surface area contributed by atoms with Crippen LogP contribution >= 0.6 is 0 Å². The van der Waals surface area contributed by atoms with Crippen molar-refractivity contribution in [3.8, 4) is 0 Å². The van der Waals surface area contributed by atoms with Crippen LogP contribution in [0.15, 0.2) is 47.3 Å². The molecule has 0 bridgehead atoms. The first-order chi connectivity index (χ1) is 14.6. The molecule has 3 amide bonds. The number of carbonyl (C=O) groups excluding carboxylic acids is 3. The van der Waals surface area contributed by atoms with Crippen LogP contribution in [0, 0.1) is 0 Å². The van der Waals surface area contributed by atoms with Crippen LogP contribution in [0.4, 0.5) is 0 Å². The summed E-state index contributed by atoms with van der Waals surface area (Å²) in [6, 6.07) is 7.37. The molecule has 5 rings (SSSR count). The van der Waals surface area contributed by atoms with E-state index in [0.29, 0.717) is 18.5 Å². The van der Waals surface area contributed by atoms with E-state index in [1.807, 2.05) is 18.2 Å². The van der Waals surface area contributed by atoms with E-state index in [0.717, 1.165) is 42.7 Å². The average molecular weight is 405 g/mol. The van der Waals surface area contributed by atoms with Gasteiger partial charge >= 0.3 is 0 Å². The fourth-order valence-electron chi connectivity index (χ4n) is 4.55. The molecule has 0 radical (unpaired) electrons. The number of hydrogen-bond donors (Lipinski definition) is 1. The van der Waals surface area contributed by atoms with Crippen LogP contribution < -0.4 is 5.32 Å². The number of amides is 3. The van der Waals surface area contributed by atoms with Crippen LogP contribution in [0.2, 0.25) is 0 Å². The lowest BCUT2D eigenvalue weighted by atomic mass is 10.0. The molecule has 3 aliphatic heterocycles. The summed E-state index contributed by atoms with van der Waals surface area (Å²) in [6.07, 6.45) is 7.36. The Kier molecular flexibility index (Phi) is 4.75. The average Bonchev–Trinajstić information content (AvgIpc) is 3.37. The number of furan rings is 1. The molecule has 154 valence electrons. The number of benzene rings is 1. The van der Waals surface area contributed by atoms with Crippen LogP contribution in [-0.4, -0.2) is 46.7 Å². The van der Waals surface area contributed by atoms with Crippen molar-refractivity contribution in [3.05, 3.63) is 65.1 Å². The predicted octanol–water partition coefficient (Wildman–Crippen LogP) is 2.33. The maximum absolute atomic E-state index is 12.8. The molecule has 1 fully saturated rings. The third-order valence-electron chi connectivity index (χ3n) is 6.18. The number of imide groups is 1. The minimum atomic E-state index is -0.570. The van der Waals surface area contributed by atoms with Gasteiger partial charge in [0.15, 0.2) is 0 Å². The summed E-state index contributed by atoms with van der Waals surface area (Å²) < 4.78 is 5.18. The Bertz CT molecular complexity index is 1040. The summed E-state index contributed by atoms with van der Waals surface area (Å²) in [6.45, 7) is 3.07. The van der Waals surface area contributed by atoms with Crippen molar-refractivity contribution >= 4 is 23.3 Å². The summed E-state index contributed by atoms with van der Waals surface area (Å²) in [5, 5.41) is 2.34. The van der Waals surface area contributed by atoms with Crippen LogP contribution in [0.1, 0.15) is 46.3 Å². The maximum atomic E-state index is 12.8. The van der Waals surface area contributed by atoms with Crippen molar-refractivity contribution in [2.45, 2.75) is 38.4 Å². The highest BCUT2D eigenvalue weighted by molar-refractivity contribution is 6.05. The van der Waals surface area contributed by atoms with Crippen LogP contribution in [0.5, 0.6) is 0 Å². The number of nitrogens with zero attached hydrogens (tertiary/aromatic N) is 2. The van der Waals surface area contributed by atoms with Gasteiger partial charge in [0.2, 0.25) is 11.8 Å². The molecule has 3 aliphatic rings. The van der Waals surface area contributed by atoms with Gasteiger partial charge in [-0.3, -0.25) is 24.6 Å². The van der Waals surface area contributed by atoms with E-state index in [-0.39, 0.29) is 24.1 Å². The molecule has 30 heavy (non-hydrogen) atoms. The molecule has 1 atom stereocenters. The molecular weight excluding hydrogens is 382 g/mol. The lowest BCUT2D eigenvalue weighted by Gasteiger charge is -2.29. The Morgan fingerprint density at radius 1 is 1.13 bits per heavy atom. The zero-order valence-electron chi connectivity index (χ0n) is 16.6. The number of hydrogen-bond acceptors (Lipinski definition) is 5. The number of carbonyl (C=O) groups is 3. The highest BCUT2D eigenvalue weighted by atomic mass is 16.3. The Hall–Kier alpha value is -3.19. The summed E-state index contributed by atoms with van der Waals surface area (Å²) in [5.74, 6) is -0.771. The molecule has 0 spiro atoms. The first-order valence-electron chi connectivity index (χ1n) is 10.3. The lowest BCUT2D eigenvalue weighted by Crippen LogP contribution is -2.52. The van der Waals surface area contributed by atoms with Gasteiger partial charge in [0.25, 0.3) is 5.91 Å². The smallest absolute Gasteiger partial charge is 0.255 e. The molecular formula is C23H23N3O4. The van der Waals surface area contributed by atoms with E-state index in [2.05, 4.69) is 22.4 Å². The zero-order chi connectivity index (χ0) is 20.7. The fraction of sp³-hybridized carbons (Fsp3) is 0.348. The summed E-state index contributed by atoms with van der Waals surface area (Å²) in [5.41, 5.74) is 5.24. The molecule has 4 heterocycles. The second-order valence-electron chi connectivity index (χ2n) is 8.12. The van der Waals surface area contributed by atoms with Gasteiger partial charge in [0.05, 0.1) is 12.5 Å². The van der Waals surface area contributed by atoms with E-state index >= 15 is 0 Å². The number of fused-ring (bicyclic) bond motifs is 1. The monoisotopic (exact) mass is 405 g/mol. The van der Waals surface area contributed by atoms with Crippen molar-refractivity contribution in [1.29, 1.82) is 0 Å². The van der Waals surface area contributed by atoms with Gasteiger partial charge in [0, 0.05) is 43.7 Å². The van der Waals surface area contributed by atoms with E-state index in [1.54, 1.807) is 17.4 Å². The van der Waals surface area contributed by atoms with E-state index in [1.165, 1.54) is 5.57 Å². The molecule has 1 unspecified atom stereocenters. The normalized spacial score (nSPS) is 22.1. The van der Waals surface area contributed by atoms with Gasteiger partial charge in [0.1, 0.15) is 6.04 Å². The number of nitrogens with one attached hydrogen (secondary N) is 1. The second kappa shape index (κ2) is 7.57. The van der Waals surface area contributed by atoms with Crippen molar-refractivity contribution in [2.75, 3.05) is 13.1 Å². The van der Waals surface area contributed by atoms with Crippen molar-refractivity contribution in [3.63, 3.8) is 0 Å². The summed E-state index contributed by atoms with van der Waals surface area (Å²) in [4.78, 5) is 40.4. The van der Waals surface area contributed by atoms with Gasteiger partial charge in [-0.25, -0.2) is 0 Å². The van der Waals surface area contributed by atoms with Crippen LogP contribution in [-0.2, 0) is 22.7 Å². The maximum Gasteiger partial charge on any atom is 0.255 e. The minimum absolute atomic E-state index is 0.128. The van der Waals surface area contributed by atoms with Gasteiger partial charge < -0.3 is 9.32 Å². The molecule has 7 heteroatoms. The van der Waals surface area contributed by atoms with Crippen molar-refractivity contribution < 1.29 is 18.8 Å². The SMILES string of the molecule is O=C1CCC(N2Cc3cc(CN4CC=C(c5ccoc5)CC4)ccc3C2=O)C(=O)N1. The van der Waals surface area contributed by atoms with E-state index in [9.17, 15) is 14.4 Å². The quantitative estimate of drug-likeness (QED) is 0.790. The standard InChI is InChI=1S/C23H23N3O4/c27-21-4-3-20(22(28)24-21)26-13-18-11-15(1-2-19(18)23(26)29)12-25-8-5-16(6-9-25)17-7-10-30-14-17/h1-2,5,7,10-11,14,20H,3-4,6,8-9,12-13H2,(H,24,27,28). The largest absolute Gasteiger partial charge is 0.472 e. The predicted molar refractivity (Wildman–Crippen MR) is 109 cm³/mol. The molecule has 2 aromatic rings. The highest BCUT2D eigenvalue weighted by Gasteiger charge is 2.39. The third-order valence-corrected chi connectivity index (χ3v) is 6.18. The minimum Gasteiger partial charge on any atom is -0.472 e. The molecule has 0 saturated carbocycles. The van der Waals surface area contributed by atoms with E-state index in [4.69, 9.17) is 4.42 Å². The molecule has 1 N–H and O–H groups in total. The molecule has 1 aromatic carbocycles. The first-order valence-corrected chi connectivity index (χ1v) is 10.3.